The van der Waals surface area contributed by atoms with Gasteiger partial charge in [-0.3, -0.25) is 9.59 Å². The molecule has 0 aliphatic rings. The maximum absolute atomic E-state index is 12.0. The molecule has 0 unspecified atom stereocenters. The van der Waals surface area contributed by atoms with Gasteiger partial charge in [0, 0.05) is 30.5 Å². The highest BCUT2D eigenvalue weighted by Crippen LogP contribution is 2.12. The molecule has 1 heterocycles. The third-order valence-electron chi connectivity index (χ3n) is 3.17. The largest absolute Gasteiger partial charge is 0.497 e. The summed E-state index contributed by atoms with van der Waals surface area (Å²) in [6.45, 7) is 1.14. The van der Waals surface area contributed by atoms with E-state index >= 15 is 0 Å². The number of benzene rings is 1. The summed E-state index contributed by atoms with van der Waals surface area (Å²) in [7, 11) is 1.55. The highest BCUT2D eigenvalue weighted by Gasteiger charge is 2.10. The van der Waals surface area contributed by atoms with Crippen molar-refractivity contribution in [1.29, 1.82) is 0 Å². The normalized spacial score (nSPS) is 9.84. The monoisotopic (exact) mass is 384 g/mol. The molecule has 1 aromatic heterocycles. The lowest BCUT2D eigenvalue weighted by Crippen LogP contribution is -2.34. The van der Waals surface area contributed by atoms with Gasteiger partial charge in [-0.2, -0.15) is 0 Å². The predicted molar refractivity (Wildman–Crippen MR) is 99.8 cm³/mol. The first-order chi connectivity index (χ1) is 11.6. The molecule has 7 nitrogen and oxygen atoms in total. The smallest absolute Gasteiger partial charge is 0.270 e. The molecule has 0 bridgehead atoms. The Morgan fingerprint density at radius 1 is 1.24 bits per heavy atom. The van der Waals surface area contributed by atoms with Gasteiger partial charge in [-0.1, -0.05) is 6.07 Å². The van der Waals surface area contributed by atoms with Crippen LogP contribution < -0.4 is 21.1 Å². The summed E-state index contributed by atoms with van der Waals surface area (Å²) in [6, 6.07) is 6.87. The second kappa shape index (κ2) is 10.7. The standard InChI is InChI=1S/C16H20N4O3S.ClH/c1-23-12-4-2-3-11(9-12)15(21)18-7-8-19-16(22)13-10-24-14(20-13)5-6-17;/h2-4,9-10H,5-8,17H2,1H3,(H,18,21)(H,19,22);1H. The van der Waals surface area contributed by atoms with Crippen LogP contribution in [0.3, 0.4) is 0 Å². The average Bonchev–Trinajstić information content (AvgIpc) is 3.07. The fourth-order valence-electron chi connectivity index (χ4n) is 1.96. The maximum Gasteiger partial charge on any atom is 0.270 e. The lowest BCUT2D eigenvalue weighted by atomic mass is 10.2. The Morgan fingerprint density at radius 2 is 1.96 bits per heavy atom. The number of nitrogens with zero attached hydrogens (tertiary/aromatic N) is 1. The van der Waals surface area contributed by atoms with E-state index in [0.717, 1.165) is 5.01 Å². The van der Waals surface area contributed by atoms with Gasteiger partial charge in [0.2, 0.25) is 0 Å². The third kappa shape index (κ3) is 6.33. The summed E-state index contributed by atoms with van der Waals surface area (Å²) in [5.74, 6) is 0.139. The number of carbonyl (C=O) groups excluding carboxylic acids is 2. The SMILES string of the molecule is COc1cccc(C(=O)NCCNC(=O)c2csc(CCN)n2)c1.Cl. The Morgan fingerprint density at radius 3 is 2.64 bits per heavy atom. The Bertz CT molecular complexity index is 708. The van der Waals surface area contributed by atoms with Crippen molar-refractivity contribution in [3.05, 3.63) is 45.9 Å². The molecule has 25 heavy (non-hydrogen) atoms. The van der Waals surface area contributed by atoms with E-state index in [1.165, 1.54) is 11.3 Å². The quantitative estimate of drug-likeness (QED) is 0.593. The first-order valence-corrected chi connectivity index (χ1v) is 8.37. The van der Waals surface area contributed by atoms with Crippen molar-refractivity contribution in [2.45, 2.75) is 6.42 Å². The van der Waals surface area contributed by atoms with Crippen molar-refractivity contribution < 1.29 is 14.3 Å². The molecule has 1 aromatic carbocycles. The molecule has 0 saturated heterocycles. The first-order valence-electron chi connectivity index (χ1n) is 7.49. The summed E-state index contributed by atoms with van der Waals surface area (Å²) in [5, 5.41) is 8.00. The van der Waals surface area contributed by atoms with E-state index in [4.69, 9.17) is 10.5 Å². The van der Waals surface area contributed by atoms with Crippen molar-refractivity contribution in [1.82, 2.24) is 15.6 Å². The van der Waals surface area contributed by atoms with Gasteiger partial charge in [0.25, 0.3) is 11.8 Å². The fourth-order valence-corrected chi connectivity index (χ4v) is 2.76. The number of nitrogens with two attached hydrogens (primary N) is 1. The van der Waals surface area contributed by atoms with E-state index in [-0.39, 0.29) is 24.2 Å². The molecule has 2 amide bonds. The number of methoxy groups -OCH3 is 1. The van der Waals surface area contributed by atoms with Gasteiger partial charge >= 0.3 is 0 Å². The number of aromatic nitrogens is 1. The number of halogens is 1. The molecule has 0 aliphatic heterocycles. The molecule has 0 saturated carbocycles. The lowest BCUT2D eigenvalue weighted by Gasteiger charge is -2.07. The molecule has 0 radical (unpaired) electrons. The number of hydrogen-bond acceptors (Lipinski definition) is 6. The van der Waals surface area contributed by atoms with Crippen molar-refractivity contribution in [2.75, 3.05) is 26.7 Å². The molecule has 0 fully saturated rings. The van der Waals surface area contributed by atoms with Crippen LogP contribution in [0, 0.1) is 0 Å². The maximum atomic E-state index is 12.0. The highest BCUT2D eigenvalue weighted by atomic mass is 35.5. The molecule has 0 atom stereocenters. The molecule has 0 aliphatic carbocycles. The predicted octanol–water partition coefficient (Wildman–Crippen LogP) is 1.23. The number of amides is 2. The molecule has 2 rings (SSSR count). The Kier molecular flexibility index (Phi) is 8.90. The number of carbonyl (C=O) groups is 2. The minimum atomic E-state index is -0.259. The van der Waals surface area contributed by atoms with E-state index in [2.05, 4.69) is 15.6 Å². The van der Waals surface area contributed by atoms with Crippen molar-refractivity contribution in [2.24, 2.45) is 5.73 Å². The zero-order chi connectivity index (χ0) is 17.4. The number of ether oxygens (including phenoxy) is 1. The van der Waals surface area contributed by atoms with Gasteiger partial charge in [-0.05, 0) is 24.7 Å². The zero-order valence-corrected chi connectivity index (χ0v) is 15.4. The molecular weight excluding hydrogens is 364 g/mol. The van der Waals surface area contributed by atoms with Crippen molar-refractivity contribution in [3.8, 4) is 5.75 Å². The van der Waals surface area contributed by atoms with E-state index in [0.29, 0.717) is 43.1 Å². The second-order valence-corrected chi connectivity index (χ2v) is 5.85. The minimum Gasteiger partial charge on any atom is -0.497 e. The van der Waals surface area contributed by atoms with Crippen molar-refractivity contribution >= 4 is 35.6 Å². The van der Waals surface area contributed by atoms with Crippen LogP contribution in [0.5, 0.6) is 5.75 Å². The van der Waals surface area contributed by atoms with Crippen LogP contribution in [0.2, 0.25) is 0 Å². The van der Waals surface area contributed by atoms with Crippen LogP contribution in [-0.2, 0) is 6.42 Å². The summed E-state index contributed by atoms with van der Waals surface area (Å²) in [6.07, 6.45) is 0.661. The van der Waals surface area contributed by atoms with E-state index in [1.807, 2.05) is 0 Å². The van der Waals surface area contributed by atoms with Crippen LogP contribution in [-0.4, -0.2) is 43.5 Å². The number of thiazole rings is 1. The first kappa shape index (κ1) is 20.9. The molecule has 136 valence electrons. The van der Waals surface area contributed by atoms with Gasteiger partial charge in [-0.15, -0.1) is 23.7 Å². The second-order valence-electron chi connectivity index (χ2n) is 4.91. The van der Waals surface area contributed by atoms with Crippen molar-refractivity contribution in [3.63, 3.8) is 0 Å². The molecule has 9 heteroatoms. The van der Waals surface area contributed by atoms with E-state index in [1.54, 1.807) is 36.8 Å². The summed E-state index contributed by atoms with van der Waals surface area (Å²) in [4.78, 5) is 28.1. The summed E-state index contributed by atoms with van der Waals surface area (Å²) >= 11 is 1.41. The fraction of sp³-hybridized carbons (Fsp3) is 0.312. The molecule has 0 spiro atoms. The minimum absolute atomic E-state index is 0. The highest BCUT2D eigenvalue weighted by molar-refractivity contribution is 7.09. The van der Waals surface area contributed by atoms with Gasteiger partial charge in [-0.25, -0.2) is 4.98 Å². The lowest BCUT2D eigenvalue weighted by molar-refractivity contribution is 0.0925. The van der Waals surface area contributed by atoms with Gasteiger partial charge < -0.3 is 21.1 Å². The summed E-state index contributed by atoms with van der Waals surface area (Å²) in [5.41, 5.74) is 6.34. The van der Waals surface area contributed by atoms with E-state index in [9.17, 15) is 9.59 Å². The van der Waals surface area contributed by atoms with Gasteiger partial charge in [0.05, 0.1) is 12.1 Å². The van der Waals surface area contributed by atoms with Gasteiger partial charge in [0.1, 0.15) is 11.4 Å². The average molecular weight is 385 g/mol. The third-order valence-corrected chi connectivity index (χ3v) is 4.08. The van der Waals surface area contributed by atoms with Crippen LogP contribution in [0.1, 0.15) is 25.9 Å². The molecule has 2 aromatic rings. The van der Waals surface area contributed by atoms with Crippen LogP contribution in [0.25, 0.3) is 0 Å². The molecule has 4 N–H and O–H groups in total. The van der Waals surface area contributed by atoms with Crippen LogP contribution in [0.4, 0.5) is 0 Å². The van der Waals surface area contributed by atoms with E-state index < -0.39 is 0 Å². The Labute approximate surface area is 156 Å². The number of rotatable bonds is 8. The topological polar surface area (TPSA) is 106 Å². The van der Waals surface area contributed by atoms with Crippen LogP contribution in [0.15, 0.2) is 29.6 Å². The Balaban J connectivity index is 0.00000312. The Hall–Kier alpha value is -2.16. The zero-order valence-electron chi connectivity index (χ0n) is 13.8. The molecular formula is C16H21ClN4O3S. The summed E-state index contributed by atoms with van der Waals surface area (Å²) < 4.78 is 5.08. The van der Waals surface area contributed by atoms with Gasteiger partial charge in [0.15, 0.2) is 0 Å². The number of hydrogen-bond donors (Lipinski definition) is 3. The van der Waals surface area contributed by atoms with Crippen LogP contribution >= 0.6 is 23.7 Å². The number of nitrogens with one attached hydrogen (secondary N) is 2.